The van der Waals surface area contributed by atoms with Crippen LogP contribution in [0.1, 0.15) is 48.6 Å². The van der Waals surface area contributed by atoms with Crippen molar-refractivity contribution in [3.05, 3.63) is 30.2 Å². The molecule has 1 atom stereocenters. The molecule has 0 aromatic carbocycles. The normalized spacial score (nSPS) is 14.8. The summed E-state index contributed by atoms with van der Waals surface area (Å²) in [4.78, 5) is 38.9. The molecule has 0 bridgehead atoms. The molecule has 3 aromatic rings. The molecule has 3 aromatic heterocycles. The van der Waals surface area contributed by atoms with Crippen molar-refractivity contribution in [2.45, 2.75) is 44.2 Å². The van der Waals surface area contributed by atoms with Crippen LogP contribution in [0.4, 0.5) is 5.95 Å². The first kappa shape index (κ1) is 22.7. The van der Waals surface area contributed by atoms with Gasteiger partial charge in [0, 0.05) is 11.8 Å². The van der Waals surface area contributed by atoms with Crippen LogP contribution in [0.15, 0.2) is 24.5 Å². The zero-order valence-electron chi connectivity index (χ0n) is 18.0. The zero-order valence-corrected chi connectivity index (χ0v) is 18.0. The lowest BCUT2D eigenvalue weighted by Gasteiger charge is -2.21. The number of anilines is 1. The van der Waals surface area contributed by atoms with Crippen molar-refractivity contribution in [2.24, 2.45) is 11.7 Å². The van der Waals surface area contributed by atoms with Crippen molar-refractivity contribution in [3.8, 4) is 17.3 Å². The highest BCUT2D eigenvalue weighted by atomic mass is 16.4. The molecule has 1 saturated carbocycles. The van der Waals surface area contributed by atoms with E-state index >= 15 is 0 Å². The van der Waals surface area contributed by atoms with Crippen LogP contribution in [0.2, 0.25) is 0 Å². The van der Waals surface area contributed by atoms with Crippen molar-refractivity contribution >= 4 is 29.3 Å². The van der Waals surface area contributed by atoms with E-state index < -0.39 is 23.9 Å². The van der Waals surface area contributed by atoms with E-state index in [9.17, 15) is 29.9 Å². The summed E-state index contributed by atoms with van der Waals surface area (Å²) in [5, 5.41) is 38.5. The second kappa shape index (κ2) is 9.18. The number of nitrogens with two attached hydrogens (primary N) is 1. The molecule has 1 aliphatic rings. The Morgan fingerprint density at radius 1 is 1.24 bits per heavy atom. The Kier molecular flexibility index (Phi) is 6.13. The number of hydrogen-bond acceptors (Lipinski definition) is 8. The fourth-order valence-electron chi connectivity index (χ4n) is 4.37. The van der Waals surface area contributed by atoms with Gasteiger partial charge in [-0.1, -0.05) is 12.8 Å². The van der Waals surface area contributed by atoms with Gasteiger partial charge in [0.05, 0.1) is 30.2 Å². The van der Waals surface area contributed by atoms with E-state index in [-0.39, 0.29) is 23.4 Å². The Balaban J connectivity index is 1.80. The first-order valence-corrected chi connectivity index (χ1v) is 10.6. The number of fused-ring (bicyclic) bond motifs is 1. The van der Waals surface area contributed by atoms with E-state index in [1.165, 1.54) is 10.6 Å². The fraction of sp³-hybridized carbons (Fsp3) is 0.381. The van der Waals surface area contributed by atoms with Crippen LogP contribution in [0.25, 0.3) is 16.8 Å². The molecular formula is C21H22N8O5. The minimum absolute atomic E-state index is 0.00426. The van der Waals surface area contributed by atoms with Crippen LogP contribution in [0.3, 0.4) is 0 Å². The summed E-state index contributed by atoms with van der Waals surface area (Å²) in [5.74, 6) is -4.05. The van der Waals surface area contributed by atoms with Gasteiger partial charge in [0.2, 0.25) is 12.0 Å². The molecule has 3 heterocycles. The van der Waals surface area contributed by atoms with Gasteiger partial charge in [-0.3, -0.25) is 9.48 Å². The highest BCUT2D eigenvalue weighted by molar-refractivity contribution is 6.00. The predicted molar refractivity (Wildman–Crippen MR) is 117 cm³/mol. The number of amides is 1. The Labute approximate surface area is 192 Å². The van der Waals surface area contributed by atoms with E-state index in [1.54, 1.807) is 23.1 Å². The van der Waals surface area contributed by atoms with Crippen LogP contribution in [0, 0.1) is 17.2 Å². The van der Waals surface area contributed by atoms with E-state index in [4.69, 9.17) is 5.73 Å². The molecule has 0 aliphatic heterocycles. The topological polar surface area (TPSA) is 202 Å². The second-order valence-electron chi connectivity index (χ2n) is 8.10. The van der Waals surface area contributed by atoms with Gasteiger partial charge < -0.3 is 21.3 Å². The summed E-state index contributed by atoms with van der Waals surface area (Å²) in [7, 11) is 0. The molecule has 176 valence electrons. The highest BCUT2D eigenvalue weighted by Gasteiger charge is 2.29. The number of nitrogens with one attached hydrogen (secondary N) is 1. The van der Waals surface area contributed by atoms with Crippen LogP contribution in [-0.2, 0) is 9.59 Å². The van der Waals surface area contributed by atoms with Gasteiger partial charge in [-0.2, -0.15) is 10.4 Å². The fourth-order valence-corrected chi connectivity index (χ4v) is 4.37. The van der Waals surface area contributed by atoms with Gasteiger partial charge in [-0.25, -0.2) is 19.1 Å². The van der Waals surface area contributed by atoms with Crippen molar-refractivity contribution in [1.29, 1.82) is 5.26 Å². The number of nitrogens with zero attached hydrogens (tertiary/aromatic N) is 6. The van der Waals surface area contributed by atoms with E-state index in [2.05, 4.69) is 26.6 Å². The third-order valence-corrected chi connectivity index (χ3v) is 5.99. The molecule has 4 rings (SSSR count). The maximum Gasteiger partial charge on any atom is 0.338 e. The highest BCUT2D eigenvalue weighted by Crippen LogP contribution is 2.36. The maximum atomic E-state index is 11.9. The molecule has 0 spiro atoms. The predicted octanol–water partition coefficient (Wildman–Crippen LogP) is 1.29. The van der Waals surface area contributed by atoms with E-state index in [1.807, 2.05) is 0 Å². The lowest BCUT2D eigenvalue weighted by molar-refractivity contribution is -0.148. The van der Waals surface area contributed by atoms with Crippen LogP contribution < -0.4 is 11.1 Å². The quantitative estimate of drug-likeness (QED) is 0.333. The van der Waals surface area contributed by atoms with Crippen LogP contribution >= 0.6 is 0 Å². The summed E-state index contributed by atoms with van der Waals surface area (Å²) < 4.78 is 2.91. The Morgan fingerprint density at radius 3 is 2.56 bits per heavy atom. The monoisotopic (exact) mass is 466 g/mol. The molecule has 0 radical (unpaired) electrons. The average Bonchev–Trinajstić information content (AvgIpc) is 3.55. The first-order valence-electron chi connectivity index (χ1n) is 10.6. The number of carbonyl (C=O) groups excluding carboxylic acids is 1. The number of carbonyl (C=O) groups is 3. The molecular weight excluding hydrogens is 444 g/mol. The largest absolute Gasteiger partial charge is 0.479 e. The third-order valence-electron chi connectivity index (χ3n) is 5.99. The molecule has 5 N–H and O–H groups in total. The Hall–Kier alpha value is -4.47. The van der Waals surface area contributed by atoms with Gasteiger partial charge in [0.1, 0.15) is 11.4 Å². The average molecular weight is 466 g/mol. The third kappa shape index (κ3) is 4.25. The number of carboxylic acid groups (broad SMARTS) is 2. The van der Waals surface area contributed by atoms with Gasteiger partial charge in [-0.05, 0) is 30.9 Å². The van der Waals surface area contributed by atoms with Gasteiger partial charge >= 0.3 is 11.9 Å². The molecule has 13 heteroatoms. The number of hydrogen-bond donors (Lipinski definition) is 4. The van der Waals surface area contributed by atoms with Crippen molar-refractivity contribution in [2.75, 3.05) is 5.32 Å². The number of primary amides is 1. The minimum atomic E-state index is -2.01. The molecule has 13 nitrogen and oxygen atoms in total. The van der Waals surface area contributed by atoms with Crippen molar-refractivity contribution in [1.82, 2.24) is 24.4 Å². The second-order valence-corrected chi connectivity index (χ2v) is 8.10. The summed E-state index contributed by atoms with van der Waals surface area (Å²) in [6.45, 7) is 0. The summed E-state index contributed by atoms with van der Waals surface area (Å²) in [5.41, 5.74) is 6.63. The molecule has 1 unspecified atom stereocenters. The SMILES string of the molecule is N#CCC(C1CCCC1)n1cc(-c2nc(NC(C(=O)O)C(=O)O)nn3c(C(N)=O)ccc23)cn1. The molecule has 1 amide bonds. The first-order chi connectivity index (χ1) is 16.3. The summed E-state index contributed by atoms with van der Waals surface area (Å²) in [6, 6.07) is 3.12. The minimum Gasteiger partial charge on any atom is -0.479 e. The van der Waals surface area contributed by atoms with Crippen LogP contribution in [-0.4, -0.2) is 58.5 Å². The summed E-state index contributed by atoms with van der Waals surface area (Å²) in [6.07, 6.45) is 7.82. The van der Waals surface area contributed by atoms with Gasteiger partial charge in [-0.15, -0.1) is 5.10 Å². The number of aliphatic carboxylic acids is 2. The molecule has 1 fully saturated rings. The number of aromatic nitrogens is 5. The Morgan fingerprint density at radius 2 is 1.94 bits per heavy atom. The standard InChI is InChI=1S/C21H22N8O5/c22-8-7-13(11-3-1-2-4-11)28-10-12(9-24-28)16-14-5-6-15(18(23)30)29(14)27-21(25-16)26-17(19(31)32)20(33)34/h5-6,9-11,13,17H,1-4,7H2,(H2,23,30)(H,26,27)(H,31,32)(H,33,34). The lowest BCUT2D eigenvalue weighted by Crippen LogP contribution is -2.38. The Bertz CT molecular complexity index is 1290. The molecule has 0 saturated heterocycles. The van der Waals surface area contributed by atoms with Crippen molar-refractivity contribution in [3.63, 3.8) is 0 Å². The van der Waals surface area contributed by atoms with Gasteiger partial charge in [0.25, 0.3) is 5.91 Å². The maximum absolute atomic E-state index is 11.9. The number of nitriles is 1. The van der Waals surface area contributed by atoms with Crippen LogP contribution in [0.5, 0.6) is 0 Å². The summed E-state index contributed by atoms with van der Waals surface area (Å²) >= 11 is 0. The van der Waals surface area contributed by atoms with E-state index in [0.717, 1.165) is 25.7 Å². The molecule has 1 aliphatic carbocycles. The lowest BCUT2D eigenvalue weighted by atomic mass is 9.96. The molecule has 34 heavy (non-hydrogen) atoms. The van der Waals surface area contributed by atoms with E-state index in [0.29, 0.717) is 23.4 Å². The van der Waals surface area contributed by atoms with Gasteiger partial charge in [0.15, 0.2) is 0 Å². The zero-order chi connectivity index (χ0) is 24.4. The smallest absolute Gasteiger partial charge is 0.338 e. The number of rotatable bonds is 9. The number of carboxylic acids is 2. The van der Waals surface area contributed by atoms with Crippen molar-refractivity contribution < 1.29 is 24.6 Å².